The van der Waals surface area contributed by atoms with Crippen molar-refractivity contribution in [2.75, 3.05) is 0 Å². The summed E-state index contributed by atoms with van der Waals surface area (Å²) < 4.78 is 3.25. The summed E-state index contributed by atoms with van der Waals surface area (Å²) in [6, 6.07) is 8.43. The van der Waals surface area contributed by atoms with Crippen molar-refractivity contribution < 1.29 is 0 Å². The predicted octanol–water partition coefficient (Wildman–Crippen LogP) is 4.16. The molecule has 0 saturated heterocycles. The first-order valence-corrected chi connectivity index (χ1v) is 7.86. The zero-order chi connectivity index (χ0) is 15.1. The van der Waals surface area contributed by atoms with E-state index in [0.29, 0.717) is 0 Å². The van der Waals surface area contributed by atoms with Crippen LogP contribution in [0.3, 0.4) is 0 Å². The molecule has 0 radical (unpaired) electrons. The summed E-state index contributed by atoms with van der Waals surface area (Å²) in [5.74, 6) is 0.984. The Morgan fingerprint density at radius 2 is 2.00 bits per heavy atom. The summed E-state index contributed by atoms with van der Waals surface area (Å²) in [5.41, 5.74) is 4.45. The lowest BCUT2D eigenvalue weighted by molar-refractivity contribution is 0.973. The van der Waals surface area contributed by atoms with Gasteiger partial charge in [0.1, 0.15) is 16.3 Å². The highest BCUT2D eigenvalue weighted by atomic mass is 32.1. The average Bonchev–Trinajstić information content (AvgIpc) is 3.12. The highest BCUT2D eigenvalue weighted by Crippen LogP contribution is 2.32. The third-order valence-corrected chi connectivity index (χ3v) is 4.80. The van der Waals surface area contributed by atoms with Crippen molar-refractivity contribution in [2.24, 2.45) is 0 Å². The van der Waals surface area contributed by atoms with Crippen LogP contribution in [-0.2, 0) is 0 Å². The molecular formula is C17H14N4S. The van der Waals surface area contributed by atoms with E-state index in [4.69, 9.17) is 4.98 Å². The van der Waals surface area contributed by atoms with E-state index >= 15 is 0 Å². The fourth-order valence-corrected chi connectivity index (χ4v) is 3.61. The molecule has 0 aliphatic carbocycles. The number of hydrogen-bond acceptors (Lipinski definition) is 4. The van der Waals surface area contributed by atoms with Crippen LogP contribution >= 0.6 is 11.3 Å². The molecule has 0 atom stereocenters. The van der Waals surface area contributed by atoms with Gasteiger partial charge < -0.3 is 4.57 Å². The highest BCUT2D eigenvalue weighted by Gasteiger charge is 2.10. The number of thiazole rings is 1. The zero-order valence-corrected chi connectivity index (χ0v) is 13.1. The van der Waals surface area contributed by atoms with Gasteiger partial charge in [0.05, 0.1) is 10.9 Å². The maximum Gasteiger partial charge on any atom is 0.124 e. The quantitative estimate of drug-likeness (QED) is 0.558. The van der Waals surface area contributed by atoms with Gasteiger partial charge in [-0.1, -0.05) is 0 Å². The number of nitrogens with zero attached hydrogens (tertiary/aromatic N) is 4. The Balaban J connectivity index is 1.81. The SMILES string of the molecule is Cc1cc(-n2ccnc2C)ccc1-c1nc2cnccc2s1. The van der Waals surface area contributed by atoms with Crippen LogP contribution in [0.4, 0.5) is 0 Å². The van der Waals surface area contributed by atoms with Crippen LogP contribution in [0.5, 0.6) is 0 Å². The minimum atomic E-state index is 0.955. The van der Waals surface area contributed by atoms with Crippen LogP contribution in [0.2, 0.25) is 0 Å². The van der Waals surface area contributed by atoms with Crippen molar-refractivity contribution in [1.82, 2.24) is 19.5 Å². The van der Waals surface area contributed by atoms with Gasteiger partial charge in [-0.3, -0.25) is 4.98 Å². The van der Waals surface area contributed by atoms with Gasteiger partial charge in [-0.05, 0) is 43.7 Å². The van der Waals surface area contributed by atoms with Crippen molar-refractivity contribution >= 4 is 21.6 Å². The highest BCUT2D eigenvalue weighted by molar-refractivity contribution is 7.21. The first-order valence-electron chi connectivity index (χ1n) is 7.04. The second kappa shape index (κ2) is 5.03. The Labute approximate surface area is 132 Å². The Morgan fingerprint density at radius 3 is 2.73 bits per heavy atom. The van der Waals surface area contributed by atoms with Gasteiger partial charge >= 0.3 is 0 Å². The maximum atomic E-state index is 4.69. The number of hydrogen-bond donors (Lipinski definition) is 0. The van der Waals surface area contributed by atoms with Gasteiger partial charge in [0.25, 0.3) is 0 Å². The summed E-state index contributed by atoms with van der Waals surface area (Å²) >= 11 is 1.70. The molecule has 0 amide bonds. The van der Waals surface area contributed by atoms with E-state index in [9.17, 15) is 0 Å². The number of benzene rings is 1. The first kappa shape index (κ1) is 13.2. The van der Waals surface area contributed by atoms with E-state index in [2.05, 4.69) is 39.7 Å². The minimum absolute atomic E-state index is 0.955. The predicted molar refractivity (Wildman–Crippen MR) is 89.4 cm³/mol. The van der Waals surface area contributed by atoms with Gasteiger partial charge in [-0.25, -0.2) is 9.97 Å². The molecule has 4 aromatic rings. The van der Waals surface area contributed by atoms with Crippen LogP contribution in [0.25, 0.3) is 26.5 Å². The van der Waals surface area contributed by atoms with Crippen molar-refractivity contribution in [1.29, 1.82) is 0 Å². The fourth-order valence-electron chi connectivity index (χ4n) is 2.58. The van der Waals surface area contributed by atoms with Gasteiger partial charge in [-0.15, -0.1) is 11.3 Å². The van der Waals surface area contributed by atoms with Gasteiger partial charge in [0.2, 0.25) is 0 Å². The van der Waals surface area contributed by atoms with Crippen molar-refractivity contribution in [3.8, 4) is 16.3 Å². The second-order valence-electron chi connectivity index (χ2n) is 5.21. The molecular weight excluding hydrogens is 292 g/mol. The molecule has 3 heterocycles. The standard InChI is InChI=1S/C17H14N4S/c1-11-9-13(21-8-7-19-12(21)2)3-4-14(11)17-20-15-10-18-6-5-16(15)22-17/h3-10H,1-2H3. The number of imidazole rings is 1. The summed E-state index contributed by atoms with van der Waals surface area (Å²) in [6.45, 7) is 4.12. The van der Waals surface area contributed by atoms with Crippen LogP contribution in [0.1, 0.15) is 11.4 Å². The number of pyridine rings is 1. The first-order chi connectivity index (χ1) is 10.7. The van der Waals surface area contributed by atoms with E-state index in [1.807, 2.05) is 37.8 Å². The number of aryl methyl sites for hydroxylation is 2. The Kier molecular flexibility index (Phi) is 3.01. The third kappa shape index (κ3) is 2.10. The average molecular weight is 306 g/mol. The molecule has 0 unspecified atom stereocenters. The van der Waals surface area contributed by atoms with Crippen LogP contribution in [0, 0.1) is 13.8 Å². The molecule has 0 saturated carbocycles. The van der Waals surface area contributed by atoms with E-state index < -0.39 is 0 Å². The lowest BCUT2D eigenvalue weighted by Crippen LogP contribution is -1.96. The normalized spacial score (nSPS) is 11.2. The fraction of sp³-hybridized carbons (Fsp3) is 0.118. The molecule has 0 spiro atoms. The summed E-state index contributed by atoms with van der Waals surface area (Å²) in [4.78, 5) is 13.1. The molecule has 0 aliphatic rings. The second-order valence-corrected chi connectivity index (χ2v) is 6.24. The van der Waals surface area contributed by atoms with Gasteiger partial charge in [0.15, 0.2) is 0 Å². The number of aromatic nitrogens is 4. The molecule has 5 heteroatoms. The molecule has 3 aromatic heterocycles. The summed E-state index contributed by atoms with van der Waals surface area (Å²) in [5, 5.41) is 1.04. The minimum Gasteiger partial charge on any atom is -0.304 e. The lowest BCUT2D eigenvalue weighted by atomic mass is 10.1. The van der Waals surface area contributed by atoms with Crippen molar-refractivity contribution in [3.05, 3.63) is 60.4 Å². The Hall–Kier alpha value is -2.53. The van der Waals surface area contributed by atoms with Crippen molar-refractivity contribution in [2.45, 2.75) is 13.8 Å². The van der Waals surface area contributed by atoms with E-state index in [1.165, 1.54) is 15.8 Å². The molecule has 0 bridgehead atoms. The Bertz CT molecular complexity index is 935. The molecule has 1 aromatic carbocycles. The Morgan fingerprint density at radius 1 is 1.09 bits per heavy atom. The molecule has 0 N–H and O–H groups in total. The zero-order valence-electron chi connectivity index (χ0n) is 12.3. The largest absolute Gasteiger partial charge is 0.304 e. The molecule has 108 valence electrons. The van der Waals surface area contributed by atoms with Crippen molar-refractivity contribution in [3.63, 3.8) is 0 Å². The number of rotatable bonds is 2. The molecule has 22 heavy (non-hydrogen) atoms. The lowest BCUT2D eigenvalue weighted by Gasteiger charge is -2.08. The van der Waals surface area contributed by atoms with Crippen LogP contribution < -0.4 is 0 Å². The van der Waals surface area contributed by atoms with Gasteiger partial charge in [-0.2, -0.15) is 0 Å². The van der Waals surface area contributed by atoms with E-state index in [-0.39, 0.29) is 0 Å². The number of fused-ring (bicyclic) bond motifs is 1. The smallest absolute Gasteiger partial charge is 0.124 e. The summed E-state index contributed by atoms with van der Waals surface area (Å²) in [7, 11) is 0. The topological polar surface area (TPSA) is 43.6 Å². The molecule has 0 aliphatic heterocycles. The molecule has 0 fully saturated rings. The maximum absolute atomic E-state index is 4.69. The monoisotopic (exact) mass is 306 g/mol. The van der Waals surface area contributed by atoms with Crippen LogP contribution in [0.15, 0.2) is 49.1 Å². The third-order valence-electron chi connectivity index (χ3n) is 3.73. The van der Waals surface area contributed by atoms with E-state index in [0.717, 1.165) is 22.0 Å². The molecule has 4 nitrogen and oxygen atoms in total. The summed E-state index contributed by atoms with van der Waals surface area (Å²) in [6.07, 6.45) is 7.42. The molecule has 4 rings (SSSR count). The van der Waals surface area contributed by atoms with E-state index in [1.54, 1.807) is 11.3 Å². The van der Waals surface area contributed by atoms with Crippen LogP contribution in [-0.4, -0.2) is 19.5 Å². The van der Waals surface area contributed by atoms with Gasteiger partial charge in [0, 0.05) is 29.8 Å².